The maximum Gasteiger partial charge on any atom is 0.0555 e. The molecule has 0 saturated carbocycles. The van der Waals surface area contributed by atoms with E-state index in [1.165, 1.54) is 5.56 Å². The van der Waals surface area contributed by atoms with Crippen molar-refractivity contribution in [2.24, 2.45) is 0 Å². The highest BCUT2D eigenvalue weighted by atomic mass is 32.2. The second kappa shape index (κ2) is 3.85. The van der Waals surface area contributed by atoms with Gasteiger partial charge < -0.3 is 0 Å². The zero-order valence-electron chi connectivity index (χ0n) is 7.70. The zero-order valence-corrected chi connectivity index (χ0v) is 8.52. The van der Waals surface area contributed by atoms with Gasteiger partial charge in [0.05, 0.1) is 10.8 Å². The monoisotopic (exact) mass is 182 g/mol. The summed E-state index contributed by atoms with van der Waals surface area (Å²) in [6.45, 7) is 5.96. The van der Waals surface area contributed by atoms with Crippen LogP contribution in [0.2, 0.25) is 0 Å². The summed E-state index contributed by atoms with van der Waals surface area (Å²) in [5, 5.41) is 0.201. The number of hydrogen-bond donors (Lipinski definition) is 0. The van der Waals surface area contributed by atoms with Gasteiger partial charge in [-0.3, -0.25) is 4.21 Å². The van der Waals surface area contributed by atoms with Gasteiger partial charge in [0, 0.05) is 10.1 Å². The van der Waals surface area contributed by atoms with Crippen LogP contribution in [-0.4, -0.2) is 9.46 Å². The lowest BCUT2D eigenvalue weighted by Crippen LogP contribution is -2.05. The largest absolute Gasteiger partial charge is 0.254 e. The lowest BCUT2D eigenvalue weighted by atomic mass is 10.2. The summed E-state index contributed by atoms with van der Waals surface area (Å²) in [5.41, 5.74) is 1.17. The van der Waals surface area contributed by atoms with E-state index in [0.29, 0.717) is 0 Å². The predicted octanol–water partition coefficient (Wildman–Crippen LogP) is 2.51. The van der Waals surface area contributed by atoms with Crippen LogP contribution >= 0.6 is 0 Å². The first-order chi connectivity index (χ1) is 5.61. The molecule has 0 aliphatic rings. The maximum absolute atomic E-state index is 11.6. The Bertz CT molecular complexity index is 292. The molecule has 0 bridgehead atoms. The van der Waals surface area contributed by atoms with Crippen LogP contribution < -0.4 is 0 Å². The van der Waals surface area contributed by atoms with Gasteiger partial charge in [-0.1, -0.05) is 26.0 Å². The van der Waals surface area contributed by atoms with Crippen LogP contribution in [0.4, 0.5) is 0 Å². The highest BCUT2D eigenvalue weighted by Crippen LogP contribution is 2.12. The second-order valence-electron chi connectivity index (χ2n) is 3.16. The van der Waals surface area contributed by atoms with Crippen LogP contribution in [-0.2, 0) is 10.8 Å². The SMILES string of the molecule is Cc1cccc(S(=O)C(C)C)c1. The van der Waals surface area contributed by atoms with Crippen molar-refractivity contribution < 1.29 is 4.21 Å². The molecule has 0 N–H and O–H groups in total. The van der Waals surface area contributed by atoms with Gasteiger partial charge in [-0.15, -0.1) is 0 Å². The first-order valence-corrected chi connectivity index (χ1v) is 5.30. The molecule has 1 rings (SSSR count). The Morgan fingerprint density at radius 2 is 2.00 bits per heavy atom. The Balaban J connectivity index is 2.96. The highest BCUT2D eigenvalue weighted by Gasteiger charge is 2.07. The Kier molecular flexibility index (Phi) is 3.04. The third-order valence-electron chi connectivity index (χ3n) is 1.65. The molecular formula is C10H14OS. The molecule has 2 heteroatoms. The van der Waals surface area contributed by atoms with E-state index in [1.54, 1.807) is 0 Å². The van der Waals surface area contributed by atoms with E-state index in [4.69, 9.17) is 0 Å². The number of benzene rings is 1. The standard InChI is InChI=1S/C10H14OS/c1-8(2)12(11)10-6-4-5-9(3)7-10/h4-8H,1-3H3. The summed E-state index contributed by atoms with van der Waals surface area (Å²) in [6.07, 6.45) is 0. The lowest BCUT2D eigenvalue weighted by Gasteiger charge is -2.05. The molecule has 1 unspecified atom stereocenters. The van der Waals surface area contributed by atoms with E-state index < -0.39 is 10.8 Å². The van der Waals surface area contributed by atoms with Crippen LogP contribution in [0, 0.1) is 6.92 Å². The third kappa shape index (κ3) is 2.18. The van der Waals surface area contributed by atoms with Crippen molar-refractivity contribution in [1.82, 2.24) is 0 Å². The van der Waals surface area contributed by atoms with Crippen molar-refractivity contribution in [3.8, 4) is 0 Å². The number of hydrogen-bond acceptors (Lipinski definition) is 1. The Morgan fingerprint density at radius 1 is 1.33 bits per heavy atom. The Hall–Kier alpha value is -0.630. The van der Waals surface area contributed by atoms with Crippen LogP contribution in [0.5, 0.6) is 0 Å². The fourth-order valence-corrected chi connectivity index (χ4v) is 2.07. The van der Waals surface area contributed by atoms with Crippen molar-refractivity contribution in [3.05, 3.63) is 29.8 Å². The van der Waals surface area contributed by atoms with Gasteiger partial charge >= 0.3 is 0 Å². The lowest BCUT2D eigenvalue weighted by molar-refractivity contribution is 0.676. The molecule has 12 heavy (non-hydrogen) atoms. The van der Waals surface area contributed by atoms with Crippen molar-refractivity contribution in [2.75, 3.05) is 0 Å². The number of rotatable bonds is 2. The first kappa shape index (κ1) is 9.46. The fraction of sp³-hybridized carbons (Fsp3) is 0.400. The van der Waals surface area contributed by atoms with Crippen LogP contribution in [0.15, 0.2) is 29.2 Å². The van der Waals surface area contributed by atoms with Crippen LogP contribution in [0.25, 0.3) is 0 Å². The van der Waals surface area contributed by atoms with Crippen molar-refractivity contribution in [3.63, 3.8) is 0 Å². The molecule has 66 valence electrons. The Labute approximate surface area is 76.3 Å². The predicted molar refractivity (Wildman–Crippen MR) is 52.7 cm³/mol. The first-order valence-electron chi connectivity index (χ1n) is 4.08. The molecule has 0 aliphatic carbocycles. The van der Waals surface area contributed by atoms with Gasteiger partial charge in [0.15, 0.2) is 0 Å². The average molecular weight is 182 g/mol. The fourth-order valence-electron chi connectivity index (χ4n) is 1.01. The summed E-state index contributed by atoms with van der Waals surface area (Å²) in [4.78, 5) is 0.935. The van der Waals surface area contributed by atoms with E-state index in [-0.39, 0.29) is 5.25 Å². The van der Waals surface area contributed by atoms with E-state index in [1.807, 2.05) is 45.0 Å². The molecule has 0 spiro atoms. The molecule has 0 amide bonds. The topological polar surface area (TPSA) is 17.1 Å². The van der Waals surface area contributed by atoms with Gasteiger partial charge in [-0.05, 0) is 24.6 Å². The minimum Gasteiger partial charge on any atom is -0.254 e. The van der Waals surface area contributed by atoms with E-state index in [9.17, 15) is 4.21 Å². The summed E-state index contributed by atoms with van der Waals surface area (Å²) in [7, 11) is -0.845. The van der Waals surface area contributed by atoms with Gasteiger partial charge in [-0.2, -0.15) is 0 Å². The van der Waals surface area contributed by atoms with Crippen LogP contribution in [0.1, 0.15) is 19.4 Å². The molecular weight excluding hydrogens is 168 g/mol. The molecule has 0 aliphatic heterocycles. The molecule has 1 nitrogen and oxygen atoms in total. The average Bonchev–Trinajstić information content (AvgIpc) is 2.03. The van der Waals surface area contributed by atoms with Crippen molar-refractivity contribution in [2.45, 2.75) is 30.9 Å². The normalized spacial score (nSPS) is 13.3. The van der Waals surface area contributed by atoms with Gasteiger partial charge in [0.25, 0.3) is 0 Å². The minimum absolute atomic E-state index is 0.201. The van der Waals surface area contributed by atoms with Crippen molar-refractivity contribution in [1.29, 1.82) is 0 Å². The summed E-state index contributed by atoms with van der Waals surface area (Å²) in [5.74, 6) is 0. The second-order valence-corrected chi connectivity index (χ2v) is 5.17. The minimum atomic E-state index is -0.845. The zero-order chi connectivity index (χ0) is 9.14. The van der Waals surface area contributed by atoms with Gasteiger partial charge in [-0.25, -0.2) is 0 Å². The van der Waals surface area contributed by atoms with Gasteiger partial charge in [0.1, 0.15) is 0 Å². The van der Waals surface area contributed by atoms with Crippen molar-refractivity contribution >= 4 is 10.8 Å². The molecule has 0 saturated heterocycles. The number of aryl methyl sites for hydroxylation is 1. The van der Waals surface area contributed by atoms with E-state index in [2.05, 4.69) is 0 Å². The molecule has 0 aromatic heterocycles. The molecule has 1 atom stereocenters. The molecule has 1 aromatic rings. The molecule has 0 fully saturated rings. The highest BCUT2D eigenvalue weighted by molar-refractivity contribution is 7.85. The summed E-state index contributed by atoms with van der Waals surface area (Å²) < 4.78 is 11.6. The molecule has 0 heterocycles. The van der Waals surface area contributed by atoms with Crippen LogP contribution in [0.3, 0.4) is 0 Å². The maximum atomic E-state index is 11.6. The summed E-state index contributed by atoms with van der Waals surface area (Å²) in [6, 6.07) is 7.87. The Morgan fingerprint density at radius 3 is 2.50 bits per heavy atom. The third-order valence-corrected chi connectivity index (χ3v) is 3.22. The summed E-state index contributed by atoms with van der Waals surface area (Å²) >= 11 is 0. The van der Waals surface area contributed by atoms with E-state index in [0.717, 1.165) is 4.90 Å². The molecule has 0 radical (unpaired) electrons. The quantitative estimate of drug-likeness (QED) is 0.687. The van der Waals surface area contributed by atoms with Gasteiger partial charge in [0.2, 0.25) is 0 Å². The molecule has 1 aromatic carbocycles. The van der Waals surface area contributed by atoms with E-state index >= 15 is 0 Å². The smallest absolute Gasteiger partial charge is 0.0555 e.